The Balaban J connectivity index is 1.60. The second kappa shape index (κ2) is 8.59. The minimum Gasteiger partial charge on any atom is -0.350 e. The highest BCUT2D eigenvalue weighted by Crippen LogP contribution is 2.34. The van der Waals surface area contributed by atoms with Gasteiger partial charge in [-0.1, -0.05) is 36.4 Å². The molecule has 3 aromatic carbocycles. The van der Waals surface area contributed by atoms with Crippen LogP contribution in [-0.2, 0) is 16.1 Å². The topological polar surface area (TPSA) is 105 Å². The number of rotatable bonds is 6. The molecule has 0 bridgehead atoms. The molecule has 0 saturated carbocycles. The number of benzene rings is 3. The number of nitrogens with one attached hydrogen (secondary N) is 1. The van der Waals surface area contributed by atoms with Gasteiger partial charge in [-0.25, -0.2) is 0 Å². The zero-order valence-electron chi connectivity index (χ0n) is 17.8. The molecule has 4 aromatic rings. The lowest BCUT2D eigenvalue weighted by Gasteiger charge is -2.15. The lowest BCUT2D eigenvalue weighted by Crippen LogP contribution is -2.32. The standard InChI is InChI=1S/C26H18N4O4/c31-25-23(19-8-10-20(11-9-19)30(33)34)24(26(32)29(25)16-17-12-14-27-15-13-17)28-22-7-3-5-18-4-1-2-6-21(18)22/h1-15,28H,16H2. The summed E-state index contributed by atoms with van der Waals surface area (Å²) in [6.45, 7) is 0.0807. The maximum Gasteiger partial charge on any atom is 0.278 e. The molecule has 0 aliphatic carbocycles. The van der Waals surface area contributed by atoms with Gasteiger partial charge in [0.1, 0.15) is 5.70 Å². The zero-order valence-corrected chi connectivity index (χ0v) is 17.8. The van der Waals surface area contributed by atoms with Gasteiger partial charge in [0.25, 0.3) is 17.5 Å². The molecule has 1 aliphatic rings. The second-order valence-corrected chi connectivity index (χ2v) is 7.76. The summed E-state index contributed by atoms with van der Waals surface area (Å²) in [5.74, 6) is -0.943. The predicted molar refractivity (Wildman–Crippen MR) is 127 cm³/mol. The van der Waals surface area contributed by atoms with Gasteiger partial charge < -0.3 is 5.32 Å². The molecular weight excluding hydrogens is 432 g/mol. The quantitative estimate of drug-likeness (QED) is 0.263. The lowest BCUT2D eigenvalue weighted by molar-refractivity contribution is -0.384. The number of aromatic nitrogens is 1. The van der Waals surface area contributed by atoms with E-state index in [-0.39, 0.29) is 23.5 Å². The largest absolute Gasteiger partial charge is 0.350 e. The van der Waals surface area contributed by atoms with Crippen LogP contribution in [0.4, 0.5) is 11.4 Å². The number of nitro groups is 1. The monoisotopic (exact) mass is 450 g/mol. The number of anilines is 1. The van der Waals surface area contributed by atoms with Crippen LogP contribution in [0.3, 0.4) is 0 Å². The third-order valence-electron chi connectivity index (χ3n) is 5.67. The second-order valence-electron chi connectivity index (χ2n) is 7.76. The van der Waals surface area contributed by atoms with Crippen LogP contribution in [0.2, 0.25) is 0 Å². The Labute approximate surface area is 194 Å². The molecule has 0 saturated heterocycles. The van der Waals surface area contributed by atoms with E-state index in [0.29, 0.717) is 11.3 Å². The van der Waals surface area contributed by atoms with E-state index in [1.807, 2.05) is 42.5 Å². The summed E-state index contributed by atoms with van der Waals surface area (Å²) in [6.07, 6.45) is 3.20. The van der Waals surface area contributed by atoms with E-state index in [0.717, 1.165) is 16.3 Å². The van der Waals surface area contributed by atoms with Gasteiger partial charge in [-0.05, 0) is 46.8 Å². The van der Waals surface area contributed by atoms with E-state index >= 15 is 0 Å². The SMILES string of the molecule is O=C1C(Nc2cccc3ccccc23)=C(c2ccc([N+](=O)[O-])cc2)C(=O)N1Cc1ccncc1. The smallest absolute Gasteiger partial charge is 0.278 e. The summed E-state index contributed by atoms with van der Waals surface area (Å²) >= 11 is 0. The number of fused-ring (bicyclic) bond motifs is 1. The molecule has 0 unspecified atom stereocenters. The Morgan fingerprint density at radius 3 is 2.29 bits per heavy atom. The van der Waals surface area contributed by atoms with Crippen molar-refractivity contribution in [3.63, 3.8) is 0 Å². The van der Waals surface area contributed by atoms with Gasteiger partial charge in [0, 0.05) is 35.6 Å². The Morgan fingerprint density at radius 1 is 0.853 bits per heavy atom. The number of non-ortho nitro benzene ring substituents is 1. The lowest BCUT2D eigenvalue weighted by atomic mass is 10.0. The molecule has 1 N–H and O–H groups in total. The first-order valence-electron chi connectivity index (χ1n) is 10.5. The fourth-order valence-corrected chi connectivity index (χ4v) is 3.99. The number of hydrogen-bond donors (Lipinski definition) is 1. The number of nitro benzene ring substituents is 1. The van der Waals surface area contributed by atoms with Crippen LogP contribution < -0.4 is 5.32 Å². The normalized spacial score (nSPS) is 13.6. The molecule has 5 rings (SSSR count). The minimum atomic E-state index is -0.509. The van der Waals surface area contributed by atoms with Crippen molar-refractivity contribution in [2.24, 2.45) is 0 Å². The molecule has 8 nitrogen and oxygen atoms in total. The van der Waals surface area contributed by atoms with Crippen LogP contribution in [0.25, 0.3) is 16.3 Å². The van der Waals surface area contributed by atoms with Crippen molar-refractivity contribution in [3.8, 4) is 0 Å². The molecule has 34 heavy (non-hydrogen) atoms. The number of hydrogen-bond acceptors (Lipinski definition) is 6. The van der Waals surface area contributed by atoms with Gasteiger partial charge in [-0.3, -0.25) is 29.6 Å². The van der Waals surface area contributed by atoms with Gasteiger partial charge in [0.2, 0.25) is 0 Å². The van der Waals surface area contributed by atoms with Crippen molar-refractivity contribution in [1.82, 2.24) is 9.88 Å². The van der Waals surface area contributed by atoms with Crippen molar-refractivity contribution in [2.45, 2.75) is 6.54 Å². The van der Waals surface area contributed by atoms with Gasteiger partial charge in [-0.2, -0.15) is 0 Å². The van der Waals surface area contributed by atoms with Crippen molar-refractivity contribution in [1.29, 1.82) is 0 Å². The van der Waals surface area contributed by atoms with Gasteiger partial charge in [-0.15, -0.1) is 0 Å². The maximum atomic E-state index is 13.5. The fourth-order valence-electron chi connectivity index (χ4n) is 3.99. The summed E-state index contributed by atoms with van der Waals surface area (Å²) in [5.41, 5.74) is 2.05. The van der Waals surface area contributed by atoms with E-state index in [1.165, 1.54) is 29.2 Å². The molecule has 2 amide bonds. The molecule has 1 aromatic heterocycles. The van der Waals surface area contributed by atoms with Crippen molar-refractivity contribution < 1.29 is 14.5 Å². The molecule has 8 heteroatoms. The molecule has 0 radical (unpaired) electrons. The Hall–Kier alpha value is -4.85. The summed E-state index contributed by atoms with van der Waals surface area (Å²) in [7, 11) is 0. The fraction of sp³-hybridized carbons (Fsp3) is 0.0385. The van der Waals surface area contributed by atoms with Crippen LogP contribution in [0.5, 0.6) is 0 Å². The average Bonchev–Trinajstić information content (AvgIpc) is 3.09. The Morgan fingerprint density at radius 2 is 1.56 bits per heavy atom. The average molecular weight is 450 g/mol. The van der Waals surface area contributed by atoms with Crippen molar-refractivity contribution in [2.75, 3.05) is 5.32 Å². The van der Waals surface area contributed by atoms with E-state index in [4.69, 9.17) is 0 Å². The molecule has 0 spiro atoms. The first kappa shape index (κ1) is 21.0. The highest BCUT2D eigenvalue weighted by Gasteiger charge is 2.39. The third kappa shape index (κ3) is 3.77. The van der Waals surface area contributed by atoms with Crippen LogP contribution in [0.15, 0.2) is 97.0 Å². The Kier molecular flexibility index (Phi) is 5.31. The summed E-state index contributed by atoms with van der Waals surface area (Å²) in [6, 6.07) is 22.5. The highest BCUT2D eigenvalue weighted by atomic mass is 16.6. The van der Waals surface area contributed by atoms with Gasteiger partial charge in [0.05, 0.1) is 17.0 Å². The predicted octanol–water partition coefficient (Wildman–Crippen LogP) is 4.54. The number of nitrogens with zero attached hydrogens (tertiary/aromatic N) is 3. The molecule has 1 aliphatic heterocycles. The summed E-state index contributed by atoms with van der Waals surface area (Å²) < 4.78 is 0. The van der Waals surface area contributed by atoms with E-state index in [2.05, 4.69) is 10.3 Å². The highest BCUT2D eigenvalue weighted by molar-refractivity contribution is 6.36. The number of amides is 2. The molecule has 166 valence electrons. The zero-order chi connectivity index (χ0) is 23.7. The Bertz CT molecular complexity index is 1460. The maximum absolute atomic E-state index is 13.5. The number of pyridine rings is 1. The molecular formula is C26H18N4O4. The van der Waals surface area contributed by atoms with Crippen LogP contribution in [-0.4, -0.2) is 26.6 Å². The van der Waals surface area contributed by atoms with E-state index in [1.54, 1.807) is 24.5 Å². The van der Waals surface area contributed by atoms with Crippen molar-refractivity contribution in [3.05, 3.63) is 118 Å². The molecule has 0 fully saturated rings. The number of imide groups is 1. The van der Waals surface area contributed by atoms with Crippen LogP contribution in [0.1, 0.15) is 11.1 Å². The summed E-state index contributed by atoms with van der Waals surface area (Å²) in [5, 5.41) is 16.1. The van der Waals surface area contributed by atoms with Crippen LogP contribution >= 0.6 is 0 Å². The van der Waals surface area contributed by atoms with Gasteiger partial charge >= 0.3 is 0 Å². The number of carbonyl (C=O) groups is 2. The number of carbonyl (C=O) groups excluding carboxylic acids is 2. The van der Waals surface area contributed by atoms with E-state index < -0.39 is 16.7 Å². The third-order valence-corrected chi connectivity index (χ3v) is 5.67. The summed E-state index contributed by atoms with van der Waals surface area (Å²) in [4.78, 5) is 42.7. The first-order valence-corrected chi connectivity index (χ1v) is 10.5. The van der Waals surface area contributed by atoms with Crippen molar-refractivity contribution >= 4 is 39.5 Å². The van der Waals surface area contributed by atoms with E-state index in [9.17, 15) is 19.7 Å². The molecule has 2 heterocycles. The van der Waals surface area contributed by atoms with Gasteiger partial charge in [0.15, 0.2) is 0 Å². The minimum absolute atomic E-state index is 0.0807. The van der Waals surface area contributed by atoms with Crippen LogP contribution in [0, 0.1) is 10.1 Å². The molecule has 0 atom stereocenters. The first-order chi connectivity index (χ1) is 16.5.